The summed E-state index contributed by atoms with van der Waals surface area (Å²) in [6, 6.07) is -0.996. The van der Waals surface area contributed by atoms with E-state index >= 15 is 0 Å². The van der Waals surface area contributed by atoms with Crippen LogP contribution in [0.15, 0.2) is 57.4 Å². The van der Waals surface area contributed by atoms with Crippen LogP contribution in [0.2, 0.25) is 0 Å². The van der Waals surface area contributed by atoms with Gasteiger partial charge in [-0.15, -0.1) is 0 Å². The molecule has 11 heteroatoms. The second-order valence-corrected chi connectivity index (χ2v) is 11.1. The van der Waals surface area contributed by atoms with Gasteiger partial charge < -0.3 is 23.8 Å². The Kier molecular flexibility index (Phi) is 10.4. The van der Waals surface area contributed by atoms with E-state index in [0.29, 0.717) is 5.70 Å². The van der Waals surface area contributed by atoms with Crippen molar-refractivity contribution in [3.63, 3.8) is 0 Å². The zero-order valence-electron chi connectivity index (χ0n) is 25.2. The smallest absolute Gasteiger partial charge is 0.343 e. The van der Waals surface area contributed by atoms with E-state index < -0.39 is 53.1 Å². The molecule has 2 heterocycles. The Bertz CT molecular complexity index is 1340. The number of rotatable bonds is 12. The van der Waals surface area contributed by atoms with Crippen molar-refractivity contribution < 1.29 is 42.9 Å². The summed E-state index contributed by atoms with van der Waals surface area (Å²) in [7, 11) is 3.95. The molecule has 0 amide bonds. The van der Waals surface area contributed by atoms with Crippen LogP contribution in [0.5, 0.6) is 0 Å². The van der Waals surface area contributed by atoms with Gasteiger partial charge in [-0.3, -0.25) is 14.4 Å². The molecule has 228 valence electrons. The van der Waals surface area contributed by atoms with Gasteiger partial charge in [0.1, 0.15) is 11.6 Å². The summed E-state index contributed by atoms with van der Waals surface area (Å²) in [5, 5.41) is -0.175. The average Bonchev–Trinajstić information content (AvgIpc) is 3.27. The van der Waals surface area contributed by atoms with Crippen molar-refractivity contribution in [2.75, 3.05) is 21.3 Å². The lowest BCUT2D eigenvalue weighted by Gasteiger charge is -2.38. The highest BCUT2D eigenvalue weighted by atomic mass is 35.5. The Hall–Kier alpha value is -3.50. The van der Waals surface area contributed by atoms with Crippen LogP contribution >= 0.6 is 11.6 Å². The first-order valence-corrected chi connectivity index (χ1v) is 14.2. The SMILES string of the molecule is CCC(C)C=CC1=CC2=C(Cl)C(=O)C3(C)OC(=O)C(C(=O)C(C)C(C)OC)=C3C2=CN1C(CCC(=O)OC)C(=O)OC. The summed E-state index contributed by atoms with van der Waals surface area (Å²) in [5.41, 5.74) is -1.01. The number of halogens is 1. The number of allylic oxidation sites excluding steroid dienone is 4. The molecule has 0 aromatic carbocycles. The lowest BCUT2D eigenvalue weighted by Crippen LogP contribution is -2.45. The maximum atomic E-state index is 13.7. The molecular formula is C31H38ClNO9. The number of nitrogens with zero attached hydrogens (tertiary/aromatic N) is 1. The minimum Gasteiger partial charge on any atom is -0.469 e. The van der Waals surface area contributed by atoms with Crippen LogP contribution in [-0.4, -0.2) is 73.5 Å². The molecule has 2 aliphatic heterocycles. The van der Waals surface area contributed by atoms with Gasteiger partial charge in [0.15, 0.2) is 11.4 Å². The summed E-state index contributed by atoms with van der Waals surface area (Å²) < 4.78 is 20.8. The third-order valence-corrected chi connectivity index (χ3v) is 8.52. The standard InChI is InChI=1S/C31H38ClNO9/c1-9-16(2)10-11-19-14-20-21(15-33(19)22(29(37)41-8)12-13-23(34)40-7)25-24(27(35)17(3)18(4)39-6)30(38)42-31(25,5)28(36)26(20)32/h10-11,14-18,22H,9,12-13H2,1-8H3. The molecule has 0 aromatic rings. The molecule has 5 unspecified atom stereocenters. The zero-order valence-corrected chi connectivity index (χ0v) is 26.0. The van der Waals surface area contributed by atoms with Gasteiger partial charge in [-0.05, 0) is 38.3 Å². The molecule has 0 aromatic heterocycles. The zero-order chi connectivity index (χ0) is 31.5. The third-order valence-electron chi connectivity index (χ3n) is 8.15. The molecule has 0 saturated heterocycles. The van der Waals surface area contributed by atoms with Crippen LogP contribution in [0.25, 0.3) is 0 Å². The molecular weight excluding hydrogens is 566 g/mol. The van der Waals surface area contributed by atoms with E-state index in [0.717, 1.165) is 6.42 Å². The van der Waals surface area contributed by atoms with Gasteiger partial charge >= 0.3 is 17.9 Å². The minimum absolute atomic E-state index is 0.0310. The molecule has 1 aliphatic carbocycles. The van der Waals surface area contributed by atoms with E-state index in [-0.39, 0.29) is 46.1 Å². The number of ether oxygens (including phenoxy) is 4. The number of fused-ring (bicyclic) bond motifs is 3. The summed E-state index contributed by atoms with van der Waals surface area (Å²) in [6.45, 7) is 8.77. The Balaban J connectivity index is 2.33. The molecule has 3 aliphatic rings. The van der Waals surface area contributed by atoms with Crippen molar-refractivity contribution in [1.29, 1.82) is 0 Å². The molecule has 0 radical (unpaired) electrons. The fraction of sp³-hybridized carbons (Fsp3) is 0.516. The summed E-state index contributed by atoms with van der Waals surface area (Å²) in [6.07, 6.45) is 7.20. The normalized spacial score (nSPS) is 23.0. The lowest BCUT2D eigenvalue weighted by atomic mass is 9.74. The number of Topliss-reactive ketones (excluding diaryl/α,β-unsaturated/α-hetero) is 2. The molecule has 0 spiro atoms. The van der Waals surface area contributed by atoms with Gasteiger partial charge in [0.05, 0.1) is 25.4 Å². The molecule has 0 fully saturated rings. The highest BCUT2D eigenvalue weighted by molar-refractivity contribution is 6.46. The lowest BCUT2D eigenvalue weighted by molar-refractivity contribution is -0.153. The number of carbonyl (C=O) groups excluding carboxylic acids is 5. The van der Waals surface area contributed by atoms with E-state index in [1.54, 1.807) is 37.1 Å². The number of hydrogen-bond donors (Lipinski definition) is 0. The first-order chi connectivity index (χ1) is 19.8. The Morgan fingerprint density at radius 2 is 1.79 bits per heavy atom. The van der Waals surface area contributed by atoms with Crippen LogP contribution in [0, 0.1) is 11.8 Å². The highest BCUT2D eigenvalue weighted by Crippen LogP contribution is 2.50. The highest BCUT2D eigenvalue weighted by Gasteiger charge is 2.57. The molecule has 3 rings (SSSR count). The largest absolute Gasteiger partial charge is 0.469 e. The average molecular weight is 604 g/mol. The Morgan fingerprint density at radius 1 is 1.12 bits per heavy atom. The number of ketones is 2. The minimum atomic E-state index is -1.86. The van der Waals surface area contributed by atoms with E-state index in [2.05, 4.69) is 0 Å². The van der Waals surface area contributed by atoms with Crippen molar-refractivity contribution in [3.8, 4) is 0 Å². The fourth-order valence-corrected chi connectivity index (χ4v) is 5.35. The second kappa shape index (κ2) is 13.2. The van der Waals surface area contributed by atoms with Crippen LogP contribution in [0.1, 0.15) is 53.9 Å². The van der Waals surface area contributed by atoms with Gasteiger partial charge in [0, 0.05) is 48.1 Å². The Labute approximate surface area is 251 Å². The van der Waals surface area contributed by atoms with E-state index in [4.69, 9.17) is 30.5 Å². The summed E-state index contributed by atoms with van der Waals surface area (Å²) in [5.74, 6) is -3.85. The topological polar surface area (TPSA) is 126 Å². The molecule has 0 bridgehead atoms. The number of esters is 3. The van der Waals surface area contributed by atoms with Gasteiger partial charge in [-0.1, -0.05) is 44.9 Å². The van der Waals surface area contributed by atoms with Crippen LogP contribution in [0.4, 0.5) is 0 Å². The van der Waals surface area contributed by atoms with Gasteiger partial charge in [-0.2, -0.15) is 0 Å². The van der Waals surface area contributed by atoms with Crippen molar-refractivity contribution in [2.45, 2.75) is 71.6 Å². The maximum absolute atomic E-state index is 13.7. The molecule has 0 N–H and O–H groups in total. The molecule has 42 heavy (non-hydrogen) atoms. The summed E-state index contributed by atoms with van der Waals surface area (Å²) in [4.78, 5) is 67.3. The van der Waals surface area contributed by atoms with Crippen molar-refractivity contribution in [2.24, 2.45) is 11.8 Å². The van der Waals surface area contributed by atoms with Gasteiger partial charge in [0.25, 0.3) is 0 Å². The first-order valence-electron chi connectivity index (χ1n) is 13.8. The monoisotopic (exact) mass is 603 g/mol. The van der Waals surface area contributed by atoms with E-state index in [9.17, 15) is 24.0 Å². The van der Waals surface area contributed by atoms with Crippen LogP contribution in [-0.2, 0) is 42.9 Å². The first kappa shape index (κ1) is 33.0. The van der Waals surface area contributed by atoms with E-state index in [1.165, 1.54) is 28.3 Å². The predicted octanol–water partition coefficient (Wildman–Crippen LogP) is 4.09. The van der Waals surface area contributed by atoms with Crippen molar-refractivity contribution in [3.05, 3.63) is 57.4 Å². The molecule has 10 nitrogen and oxygen atoms in total. The second-order valence-electron chi connectivity index (χ2n) is 10.7. The van der Waals surface area contributed by atoms with Gasteiger partial charge in [-0.25, -0.2) is 9.59 Å². The van der Waals surface area contributed by atoms with Crippen molar-refractivity contribution >= 4 is 41.1 Å². The van der Waals surface area contributed by atoms with Gasteiger partial charge in [0.2, 0.25) is 5.78 Å². The fourth-order valence-electron chi connectivity index (χ4n) is 5.01. The molecule has 5 atom stereocenters. The Morgan fingerprint density at radius 3 is 2.36 bits per heavy atom. The quantitative estimate of drug-likeness (QED) is 0.183. The van der Waals surface area contributed by atoms with E-state index in [1.807, 2.05) is 19.9 Å². The predicted molar refractivity (Wildman–Crippen MR) is 154 cm³/mol. The summed E-state index contributed by atoms with van der Waals surface area (Å²) >= 11 is 6.63. The van der Waals surface area contributed by atoms with Crippen molar-refractivity contribution in [1.82, 2.24) is 4.90 Å². The molecule has 0 saturated carbocycles. The third kappa shape index (κ3) is 6.01. The number of methoxy groups -OCH3 is 3. The maximum Gasteiger partial charge on any atom is 0.343 e. The number of hydrogen-bond acceptors (Lipinski definition) is 10. The van der Waals surface area contributed by atoms with Crippen LogP contribution in [0.3, 0.4) is 0 Å². The van der Waals surface area contributed by atoms with Crippen LogP contribution < -0.4 is 0 Å². The number of carbonyl (C=O) groups is 5.